The molecule has 4 heterocycles. The Morgan fingerprint density at radius 3 is 2.29 bits per heavy atom. The van der Waals surface area contributed by atoms with Crippen molar-refractivity contribution in [1.82, 2.24) is 30.0 Å². The molecule has 2 N–H and O–H groups in total. The van der Waals surface area contributed by atoms with E-state index in [9.17, 15) is 23.1 Å². The molecule has 12 heteroatoms. The van der Waals surface area contributed by atoms with Crippen molar-refractivity contribution in [2.45, 2.75) is 62.6 Å². The number of H-pyrrole nitrogens is 1. The number of rotatable bonds is 4. The van der Waals surface area contributed by atoms with Crippen LogP contribution in [0.25, 0.3) is 0 Å². The number of nitrogens with one attached hydrogen (secondary N) is 1. The monoisotopic (exact) mass is 508 g/mol. The van der Waals surface area contributed by atoms with Crippen LogP contribution in [0.3, 0.4) is 0 Å². The number of aromatic nitrogens is 4. The number of carbonyl (C=O) groups is 1. The molecule has 2 aromatic heterocycles. The second-order valence-corrected chi connectivity index (χ2v) is 12.7. The maximum absolute atomic E-state index is 12.9. The predicted molar refractivity (Wildman–Crippen MR) is 118 cm³/mol. The van der Waals surface area contributed by atoms with E-state index in [0.717, 1.165) is 87.2 Å². The van der Waals surface area contributed by atoms with Crippen molar-refractivity contribution >= 4 is 17.4 Å². The standard InChI is InChI=1S/C23H27F3N6O2S/c24-23(25,26)15-8-35-16(27-15)3-13-4-20(5-13)9-31(10-20)19(33)32-11-21(12-32)6-14(7-21)17-28-18(30-29-17)22(34)1-2-22/h8,13-14,34H,1-7,9-12H2,(H,28,29,30). The summed E-state index contributed by atoms with van der Waals surface area (Å²) in [7, 11) is 0. The first-order chi connectivity index (χ1) is 16.5. The topological polar surface area (TPSA) is 98.2 Å². The second-order valence-electron chi connectivity index (χ2n) is 11.8. The third-order valence-corrected chi connectivity index (χ3v) is 9.65. The van der Waals surface area contributed by atoms with Gasteiger partial charge in [-0.1, -0.05) is 0 Å². The normalized spacial score (nSPS) is 26.3. The lowest BCUT2D eigenvalue weighted by Crippen LogP contribution is -2.70. The molecule has 7 rings (SSSR count). The van der Waals surface area contributed by atoms with Crippen molar-refractivity contribution in [2.24, 2.45) is 16.7 Å². The van der Waals surface area contributed by atoms with E-state index in [1.807, 2.05) is 9.80 Å². The molecule has 0 unspecified atom stereocenters. The average Bonchev–Trinajstić information content (AvgIpc) is 3.10. The number of alkyl halides is 3. The lowest BCUT2D eigenvalue weighted by atomic mass is 9.56. The van der Waals surface area contributed by atoms with Gasteiger partial charge in [0.2, 0.25) is 0 Å². The van der Waals surface area contributed by atoms with Gasteiger partial charge in [-0.15, -0.1) is 11.3 Å². The molecule has 5 aliphatic rings. The van der Waals surface area contributed by atoms with E-state index in [0.29, 0.717) is 29.1 Å². The molecule has 0 bridgehead atoms. The largest absolute Gasteiger partial charge is 0.434 e. The summed E-state index contributed by atoms with van der Waals surface area (Å²) in [6.45, 7) is 3.07. The van der Waals surface area contributed by atoms with Gasteiger partial charge >= 0.3 is 12.2 Å². The van der Waals surface area contributed by atoms with E-state index < -0.39 is 17.5 Å². The first kappa shape index (κ1) is 22.0. The highest BCUT2D eigenvalue weighted by molar-refractivity contribution is 7.09. The molecular formula is C23H27F3N6O2S. The van der Waals surface area contributed by atoms with Crippen LogP contribution in [0.15, 0.2) is 5.38 Å². The Morgan fingerprint density at radius 1 is 1.09 bits per heavy atom. The fourth-order valence-electron chi connectivity index (χ4n) is 6.79. The van der Waals surface area contributed by atoms with E-state index in [-0.39, 0.29) is 16.9 Å². The number of nitrogens with zero attached hydrogens (tertiary/aromatic N) is 5. The Kier molecular flexibility index (Phi) is 4.38. The van der Waals surface area contributed by atoms with Crippen LogP contribution in [0.4, 0.5) is 18.0 Å². The molecule has 2 aromatic rings. The van der Waals surface area contributed by atoms with Crippen molar-refractivity contribution in [1.29, 1.82) is 0 Å². The summed E-state index contributed by atoms with van der Waals surface area (Å²) in [6.07, 6.45) is 1.56. The van der Waals surface area contributed by atoms with Gasteiger partial charge in [0.05, 0.1) is 5.01 Å². The minimum Gasteiger partial charge on any atom is -0.382 e. The molecule has 188 valence electrons. The molecule has 2 aliphatic heterocycles. The lowest BCUT2D eigenvalue weighted by Gasteiger charge is -2.63. The predicted octanol–water partition coefficient (Wildman–Crippen LogP) is 3.52. The molecule has 5 fully saturated rings. The van der Waals surface area contributed by atoms with Crippen molar-refractivity contribution in [3.63, 3.8) is 0 Å². The summed E-state index contributed by atoms with van der Waals surface area (Å²) >= 11 is 1.09. The molecule has 2 amide bonds. The van der Waals surface area contributed by atoms with Crippen LogP contribution in [0.5, 0.6) is 0 Å². The number of aromatic amines is 1. The van der Waals surface area contributed by atoms with Gasteiger partial charge in [0.15, 0.2) is 11.5 Å². The molecule has 35 heavy (non-hydrogen) atoms. The van der Waals surface area contributed by atoms with Crippen LogP contribution in [0.2, 0.25) is 0 Å². The Bertz CT molecular complexity index is 1160. The number of hydrogen-bond acceptors (Lipinski definition) is 6. The second kappa shape index (κ2) is 6.96. The maximum atomic E-state index is 12.9. The molecule has 0 atom stereocenters. The fourth-order valence-corrected chi connectivity index (χ4v) is 7.71. The first-order valence-electron chi connectivity index (χ1n) is 12.2. The summed E-state index contributed by atoms with van der Waals surface area (Å²) in [6, 6.07) is 0.112. The highest BCUT2D eigenvalue weighted by Crippen LogP contribution is 2.57. The number of likely N-dealkylation sites (tertiary alicyclic amines) is 2. The quantitative estimate of drug-likeness (QED) is 0.659. The van der Waals surface area contributed by atoms with E-state index >= 15 is 0 Å². The van der Waals surface area contributed by atoms with Crippen molar-refractivity contribution < 1.29 is 23.1 Å². The number of hydrogen-bond donors (Lipinski definition) is 2. The molecule has 2 spiro atoms. The van der Waals surface area contributed by atoms with Gasteiger partial charge in [0, 0.05) is 54.7 Å². The van der Waals surface area contributed by atoms with Crippen LogP contribution in [0.1, 0.15) is 66.8 Å². The van der Waals surface area contributed by atoms with Gasteiger partial charge in [0.1, 0.15) is 11.4 Å². The van der Waals surface area contributed by atoms with E-state index in [1.165, 1.54) is 0 Å². The highest BCUT2D eigenvalue weighted by atomic mass is 32.1. The Hall–Kier alpha value is -2.21. The highest BCUT2D eigenvalue weighted by Gasteiger charge is 2.59. The van der Waals surface area contributed by atoms with E-state index in [2.05, 4.69) is 20.2 Å². The molecular weight excluding hydrogens is 481 g/mol. The molecule has 8 nitrogen and oxygen atoms in total. The van der Waals surface area contributed by atoms with Gasteiger partial charge in [-0.2, -0.15) is 18.3 Å². The maximum Gasteiger partial charge on any atom is 0.434 e. The summed E-state index contributed by atoms with van der Waals surface area (Å²) in [5.41, 5.74) is -1.26. The Balaban J connectivity index is 0.845. The number of thiazole rings is 1. The smallest absolute Gasteiger partial charge is 0.382 e. The van der Waals surface area contributed by atoms with Gasteiger partial charge in [-0.05, 0) is 44.4 Å². The number of carbonyl (C=O) groups excluding carboxylic acids is 1. The van der Waals surface area contributed by atoms with Crippen molar-refractivity contribution in [2.75, 3.05) is 26.2 Å². The Morgan fingerprint density at radius 2 is 1.71 bits per heavy atom. The lowest BCUT2D eigenvalue weighted by molar-refractivity contribution is -0.140. The molecule has 3 aliphatic carbocycles. The first-order valence-corrected chi connectivity index (χ1v) is 13.1. The number of urea groups is 1. The summed E-state index contributed by atoms with van der Waals surface area (Å²) in [5.74, 6) is 2.05. The van der Waals surface area contributed by atoms with E-state index in [4.69, 9.17) is 0 Å². The average molecular weight is 509 g/mol. The van der Waals surface area contributed by atoms with Gasteiger partial charge in [-0.25, -0.2) is 14.8 Å². The Labute approximate surface area is 203 Å². The van der Waals surface area contributed by atoms with Gasteiger partial charge in [0.25, 0.3) is 0 Å². The molecule has 3 saturated carbocycles. The van der Waals surface area contributed by atoms with Crippen molar-refractivity contribution in [3.05, 3.63) is 27.7 Å². The minimum atomic E-state index is -4.38. The molecule has 0 radical (unpaired) electrons. The van der Waals surface area contributed by atoms with Crippen LogP contribution in [-0.2, 0) is 18.2 Å². The molecule has 0 aromatic carbocycles. The van der Waals surface area contributed by atoms with Gasteiger partial charge in [-0.3, -0.25) is 5.10 Å². The zero-order chi connectivity index (χ0) is 24.2. The van der Waals surface area contributed by atoms with Gasteiger partial charge < -0.3 is 14.9 Å². The number of amides is 2. The number of aliphatic hydroxyl groups is 1. The van der Waals surface area contributed by atoms with Crippen LogP contribution < -0.4 is 0 Å². The zero-order valence-corrected chi connectivity index (χ0v) is 20.0. The van der Waals surface area contributed by atoms with Crippen LogP contribution >= 0.6 is 11.3 Å². The third kappa shape index (κ3) is 3.58. The third-order valence-electron chi connectivity index (χ3n) is 8.78. The summed E-state index contributed by atoms with van der Waals surface area (Å²) in [5, 5.41) is 19.0. The van der Waals surface area contributed by atoms with Crippen LogP contribution in [0, 0.1) is 16.7 Å². The number of halogens is 3. The van der Waals surface area contributed by atoms with Crippen molar-refractivity contribution in [3.8, 4) is 0 Å². The SMILES string of the molecule is O=C(N1CC2(CC(Cc3nc(C(F)(F)F)cs3)C2)C1)N1CC2(CC(c3nc(C4(O)CC4)n[nH]3)C2)C1. The summed E-state index contributed by atoms with van der Waals surface area (Å²) < 4.78 is 38.2. The fraction of sp³-hybridized carbons (Fsp3) is 0.739. The van der Waals surface area contributed by atoms with Crippen LogP contribution in [-0.4, -0.2) is 67.3 Å². The minimum absolute atomic E-state index is 0.112. The molecule has 2 saturated heterocycles. The van der Waals surface area contributed by atoms with E-state index in [1.54, 1.807) is 0 Å². The summed E-state index contributed by atoms with van der Waals surface area (Å²) in [4.78, 5) is 25.0. The zero-order valence-electron chi connectivity index (χ0n) is 19.1.